The van der Waals surface area contributed by atoms with E-state index in [0.717, 1.165) is 66.6 Å². The van der Waals surface area contributed by atoms with Crippen LogP contribution in [0.4, 0.5) is 17.6 Å². The van der Waals surface area contributed by atoms with E-state index in [-0.39, 0.29) is 0 Å². The SMILES string of the molecule is c1ccc(-c2nc(-c3ccc4c(c3)oc3ccccc34)nc(N3c4ccccc4-c4ccccc4-n4c3nc3ccccc34)n2)cc1. The number of rotatable bonds is 3. The summed E-state index contributed by atoms with van der Waals surface area (Å²) in [6, 6.07) is 49.3. The monoisotopic (exact) mass is 604 g/mol. The van der Waals surface area contributed by atoms with Crippen LogP contribution in [0.25, 0.3) is 72.6 Å². The van der Waals surface area contributed by atoms with E-state index >= 15 is 0 Å². The van der Waals surface area contributed by atoms with Gasteiger partial charge in [0.2, 0.25) is 11.9 Å². The molecule has 220 valence electrons. The summed E-state index contributed by atoms with van der Waals surface area (Å²) in [6.07, 6.45) is 0. The van der Waals surface area contributed by atoms with Crippen molar-refractivity contribution in [1.82, 2.24) is 24.5 Å². The van der Waals surface area contributed by atoms with E-state index in [1.54, 1.807) is 0 Å². The molecule has 6 aromatic carbocycles. The zero-order chi connectivity index (χ0) is 30.9. The lowest BCUT2D eigenvalue weighted by atomic mass is 10.0. The van der Waals surface area contributed by atoms with Crippen molar-refractivity contribution in [3.05, 3.63) is 146 Å². The lowest BCUT2D eigenvalue weighted by Gasteiger charge is -2.23. The van der Waals surface area contributed by atoms with Crippen LogP contribution < -0.4 is 4.90 Å². The fourth-order valence-electron chi connectivity index (χ4n) is 6.67. The fraction of sp³-hybridized carbons (Fsp3) is 0. The molecule has 47 heavy (non-hydrogen) atoms. The summed E-state index contributed by atoms with van der Waals surface area (Å²) in [7, 11) is 0. The largest absolute Gasteiger partial charge is 0.456 e. The molecule has 7 nitrogen and oxygen atoms in total. The van der Waals surface area contributed by atoms with Gasteiger partial charge in [-0.2, -0.15) is 9.97 Å². The van der Waals surface area contributed by atoms with Crippen LogP contribution in [0.2, 0.25) is 0 Å². The number of benzene rings is 6. The van der Waals surface area contributed by atoms with Crippen LogP contribution >= 0.6 is 0 Å². The molecule has 0 radical (unpaired) electrons. The minimum atomic E-state index is 0.468. The maximum Gasteiger partial charge on any atom is 0.241 e. The lowest BCUT2D eigenvalue weighted by Crippen LogP contribution is -2.18. The quantitative estimate of drug-likeness (QED) is 0.200. The molecule has 0 N–H and O–H groups in total. The van der Waals surface area contributed by atoms with Crippen molar-refractivity contribution < 1.29 is 4.42 Å². The number of aromatic nitrogens is 5. The summed E-state index contributed by atoms with van der Waals surface area (Å²) >= 11 is 0. The van der Waals surface area contributed by atoms with Crippen LogP contribution in [0.1, 0.15) is 0 Å². The first-order valence-electron chi connectivity index (χ1n) is 15.5. The number of imidazole rings is 1. The first-order chi connectivity index (χ1) is 23.3. The number of furan rings is 1. The number of para-hydroxylation sites is 5. The van der Waals surface area contributed by atoms with E-state index in [4.69, 9.17) is 24.4 Å². The molecule has 1 aliphatic rings. The molecular weight excluding hydrogens is 580 g/mol. The van der Waals surface area contributed by atoms with E-state index in [1.165, 1.54) is 0 Å². The molecule has 0 spiro atoms. The molecule has 10 rings (SSSR count). The van der Waals surface area contributed by atoms with E-state index in [1.807, 2.05) is 78.9 Å². The first-order valence-corrected chi connectivity index (χ1v) is 15.5. The van der Waals surface area contributed by atoms with Crippen LogP contribution in [0.3, 0.4) is 0 Å². The molecule has 0 fully saturated rings. The highest BCUT2D eigenvalue weighted by Crippen LogP contribution is 2.47. The second-order valence-electron chi connectivity index (χ2n) is 11.6. The first kappa shape index (κ1) is 25.7. The Hall–Kier alpha value is -6.60. The van der Waals surface area contributed by atoms with Gasteiger partial charge in [0.1, 0.15) is 11.2 Å². The topological polar surface area (TPSA) is 72.9 Å². The van der Waals surface area contributed by atoms with Crippen molar-refractivity contribution in [2.45, 2.75) is 0 Å². The van der Waals surface area contributed by atoms with Gasteiger partial charge in [-0.15, -0.1) is 0 Å². The molecule has 7 heteroatoms. The van der Waals surface area contributed by atoms with Crippen LogP contribution in [0, 0.1) is 0 Å². The van der Waals surface area contributed by atoms with Crippen molar-refractivity contribution in [3.63, 3.8) is 0 Å². The van der Waals surface area contributed by atoms with Crippen molar-refractivity contribution >= 4 is 50.6 Å². The maximum atomic E-state index is 6.26. The number of anilines is 3. The highest BCUT2D eigenvalue weighted by atomic mass is 16.3. The van der Waals surface area contributed by atoms with E-state index < -0.39 is 0 Å². The molecule has 0 amide bonds. The van der Waals surface area contributed by atoms with Crippen LogP contribution in [0.15, 0.2) is 150 Å². The smallest absolute Gasteiger partial charge is 0.241 e. The van der Waals surface area contributed by atoms with Gasteiger partial charge >= 0.3 is 0 Å². The Morgan fingerprint density at radius 2 is 1.13 bits per heavy atom. The Balaban J connectivity index is 1.27. The van der Waals surface area contributed by atoms with E-state index in [9.17, 15) is 0 Å². The molecule has 0 saturated carbocycles. The second-order valence-corrected chi connectivity index (χ2v) is 11.6. The maximum absolute atomic E-state index is 6.26. The Morgan fingerprint density at radius 3 is 2.00 bits per heavy atom. The van der Waals surface area contributed by atoms with Crippen molar-refractivity contribution in [2.75, 3.05) is 4.90 Å². The van der Waals surface area contributed by atoms with Gasteiger partial charge in [-0.25, -0.2) is 14.9 Å². The molecule has 9 aromatic rings. The lowest BCUT2D eigenvalue weighted by molar-refractivity contribution is 0.669. The number of fused-ring (bicyclic) bond motifs is 10. The van der Waals surface area contributed by atoms with Crippen LogP contribution in [0.5, 0.6) is 0 Å². The van der Waals surface area contributed by atoms with Gasteiger partial charge in [-0.1, -0.05) is 103 Å². The zero-order valence-electron chi connectivity index (χ0n) is 24.9. The van der Waals surface area contributed by atoms with E-state index in [0.29, 0.717) is 23.5 Å². The molecule has 3 aromatic heterocycles. The van der Waals surface area contributed by atoms with Gasteiger partial charge in [0.05, 0.1) is 22.4 Å². The standard InChI is InChI=1S/C40H24N6O/c1-2-12-25(13-3-1)37-42-38(26-22-23-30-29-16-6-11-21-35(29)47-36(30)24-26)44-39(43-37)46-33-19-9-5-15-28(33)27-14-4-8-18-32(27)45-34-20-10-7-17-31(34)41-40(45)46/h1-24H. The summed E-state index contributed by atoms with van der Waals surface area (Å²) < 4.78 is 8.47. The predicted molar refractivity (Wildman–Crippen MR) is 186 cm³/mol. The van der Waals surface area contributed by atoms with Crippen molar-refractivity contribution in [1.29, 1.82) is 0 Å². The Bertz CT molecular complexity index is 2660. The number of nitrogens with zero attached hydrogens (tertiary/aromatic N) is 6. The Kier molecular flexibility index (Phi) is 5.44. The van der Waals surface area contributed by atoms with Crippen LogP contribution in [-0.4, -0.2) is 24.5 Å². The molecule has 0 unspecified atom stereocenters. The molecule has 0 bridgehead atoms. The van der Waals surface area contributed by atoms with Gasteiger partial charge < -0.3 is 4.42 Å². The third kappa shape index (κ3) is 3.93. The number of hydrogen-bond acceptors (Lipinski definition) is 6. The normalized spacial score (nSPS) is 12.2. The summed E-state index contributed by atoms with van der Waals surface area (Å²) in [5.41, 5.74) is 9.36. The van der Waals surface area contributed by atoms with Gasteiger partial charge in [0.25, 0.3) is 0 Å². The van der Waals surface area contributed by atoms with Crippen molar-refractivity contribution in [3.8, 4) is 39.6 Å². The van der Waals surface area contributed by atoms with Gasteiger partial charge in [0.15, 0.2) is 11.6 Å². The minimum absolute atomic E-state index is 0.468. The minimum Gasteiger partial charge on any atom is -0.456 e. The highest BCUT2D eigenvalue weighted by molar-refractivity contribution is 6.05. The molecular formula is C40H24N6O. The second kappa shape index (κ2) is 9.95. The third-order valence-electron chi connectivity index (χ3n) is 8.82. The molecule has 0 atom stereocenters. The summed E-state index contributed by atoms with van der Waals surface area (Å²) in [4.78, 5) is 22.6. The van der Waals surface area contributed by atoms with E-state index in [2.05, 4.69) is 76.2 Å². The average Bonchev–Trinajstić information content (AvgIpc) is 3.67. The number of hydrogen-bond donors (Lipinski definition) is 0. The molecule has 4 heterocycles. The predicted octanol–water partition coefficient (Wildman–Crippen LogP) is 9.89. The van der Waals surface area contributed by atoms with Gasteiger partial charge in [-0.3, -0.25) is 4.57 Å². The third-order valence-corrected chi connectivity index (χ3v) is 8.82. The van der Waals surface area contributed by atoms with Crippen LogP contribution in [-0.2, 0) is 0 Å². The average molecular weight is 605 g/mol. The van der Waals surface area contributed by atoms with Gasteiger partial charge in [-0.05, 0) is 42.5 Å². The fourth-order valence-corrected chi connectivity index (χ4v) is 6.67. The zero-order valence-corrected chi connectivity index (χ0v) is 24.9. The van der Waals surface area contributed by atoms with Crippen molar-refractivity contribution in [2.24, 2.45) is 0 Å². The Labute approximate surface area is 269 Å². The van der Waals surface area contributed by atoms with Gasteiger partial charge in [0, 0.05) is 33.0 Å². The summed E-state index contributed by atoms with van der Waals surface area (Å²) in [5.74, 6) is 2.28. The molecule has 0 aliphatic carbocycles. The molecule has 1 aliphatic heterocycles. The highest BCUT2D eigenvalue weighted by Gasteiger charge is 2.31. The molecule has 0 saturated heterocycles. The summed E-state index contributed by atoms with van der Waals surface area (Å²) in [5, 5.41) is 2.13. The summed E-state index contributed by atoms with van der Waals surface area (Å²) in [6.45, 7) is 0. The Morgan fingerprint density at radius 1 is 0.468 bits per heavy atom.